The fourth-order valence-corrected chi connectivity index (χ4v) is 2.91. The Hall–Kier alpha value is -1.73. The maximum Gasteiger partial charge on any atom is 0.305 e. The van der Waals surface area contributed by atoms with Crippen molar-refractivity contribution in [2.24, 2.45) is 0 Å². The molecule has 1 rings (SSSR count). The molecule has 22 heavy (non-hydrogen) atoms. The maximum atomic E-state index is 12.0. The van der Waals surface area contributed by atoms with E-state index in [0.29, 0.717) is 31.4 Å². The van der Waals surface area contributed by atoms with Crippen LogP contribution in [0.1, 0.15) is 43.0 Å². The second-order valence-corrected chi connectivity index (χ2v) is 6.63. The number of esters is 1. The van der Waals surface area contributed by atoms with Gasteiger partial charge in [0, 0.05) is 18.5 Å². The molecule has 0 saturated heterocycles. The number of Topliss-reactive ketones (excluding diaryl/α,β-unsaturated/α-hetero) is 1. The maximum absolute atomic E-state index is 12.0. The molecule has 1 N–H and O–H groups in total. The van der Waals surface area contributed by atoms with E-state index in [1.165, 1.54) is 38.3 Å². The van der Waals surface area contributed by atoms with Crippen LogP contribution >= 0.6 is 0 Å². The lowest BCUT2D eigenvalue weighted by Gasteiger charge is -2.07. The summed E-state index contributed by atoms with van der Waals surface area (Å²) >= 11 is 0. The van der Waals surface area contributed by atoms with E-state index in [0.717, 1.165) is 6.42 Å². The number of methoxy groups -OCH3 is 1. The molecule has 0 fully saturated rings. The molecule has 0 aliphatic carbocycles. The molecule has 0 aliphatic rings. The quantitative estimate of drug-likeness (QED) is 0.425. The SMILES string of the molecule is COC(=O)CCCCCNS(=O)(=O)c1ccc(C(C)=O)cc1. The van der Waals surface area contributed by atoms with Crippen molar-refractivity contribution in [1.29, 1.82) is 0 Å². The number of ether oxygens (including phenoxy) is 1. The van der Waals surface area contributed by atoms with Crippen LogP contribution in [0.15, 0.2) is 29.2 Å². The van der Waals surface area contributed by atoms with Gasteiger partial charge in [-0.25, -0.2) is 13.1 Å². The first-order valence-electron chi connectivity index (χ1n) is 7.04. The highest BCUT2D eigenvalue weighted by Crippen LogP contribution is 2.11. The van der Waals surface area contributed by atoms with Crippen molar-refractivity contribution in [3.63, 3.8) is 0 Å². The number of ketones is 1. The molecule has 0 bridgehead atoms. The van der Waals surface area contributed by atoms with Crippen molar-refractivity contribution < 1.29 is 22.7 Å². The monoisotopic (exact) mass is 327 g/mol. The number of rotatable bonds is 9. The number of nitrogens with one attached hydrogen (secondary N) is 1. The minimum Gasteiger partial charge on any atom is -0.469 e. The predicted octanol–water partition coefficient (Wildman–Crippen LogP) is 1.90. The average Bonchev–Trinajstić information content (AvgIpc) is 2.50. The lowest BCUT2D eigenvalue weighted by Crippen LogP contribution is -2.24. The van der Waals surface area contributed by atoms with Crippen molar-refractivity contribution in [3.05, 3.63) is 29.8 Å². The van der Waals surface area contributed by atoms with Crippen LogP contribution in [-0.2, 0) is 19.6 Å². The summed E-state index contributed by atoms with van der Waals surface area (Å²) in [6, 6.07) is 5.81. The van der Waals surface area contributed by atoms with Gasteiger partial charge in [0.05, 0.1) is 12.0 Å². The highest BCUT2D eigenvalue weighted by Gasteiger charge is 2.13. The fraction of sp³-hybridized carbons (Fsp3) is 0.467. The van der Waals surface area contributed by atoms with E-state index in [2.05, 4.69) is 9.46 Å². The number of carbonyl (C=O) groups is 2. The molecule has 0 spiro atoms. The third-order valence-corrected chi connectivity index (χ3v) is 4.63. The van der Waals surface area contributed by atoms with Crippen LogP contribution in [0.3, 0.4) is 0 Å². The summed E-state index contributed by atoms with van der Waals surface area (Å²) in [6.45, 7) is 1.73. The lowest BCUT2D eigenvalue weighted by molar-refractivity contribution is -0.140. The summed E-state index contributed by atoms with van der Waals surface area (Å²) in [5.41, 5.74) is 0.474. The predicted molar refractivity (Wildman–Crippen MR) is 82.1 cm³/mol. The number of benzene rings is 1. The number of sulfonamides is 1. The zero-order chi connectivity index (χ0) is 16.6. The van der Waals surface area contributed by atoms with Gasteiger partial charge in [0.2, 0.25) is 10.0 Å². The van der Waals surface area contributed by atoms with E-state index < -0.39 is 10.0 Å². The van der Waals surface area contributed by atoms with Gasteiger partial charge in [0.1, 0.15) is 0 Å². The summed E-state index contributed by atoms with van der Waals surface area (Å²) in [5, 5.41) is 0. The Morgan fingerprint density at radius 3 is 2.27 bits per heavy atom. The van der Waals surface area contributed by atoms with Gasteiger partial charge >= 0.3 is 5.97 Å². The zero-order valence-electron chi connectivity index (χ0n) is 12.8. The van der Waals surface area contributed by atoms with Crippen LogP contribution in [0.2, 0.25) is 0 Å². The van der Waals surface area contributed by atoms with Crippen molar-refractivity contribution in [2.75, 3.05) is 13.7 Å². The van der Waals surface area contributed by atoms with Crippen LogP contribution in [0, 0.1) is 0 Å². The molecule has 122 valence electrons. The molecule has 0 unspecified atom stereocenters. The zero-order valence-corrected chi connectivity index (χ0v) is 13.6. The normalized spacial score (nSPS) is 11.2. The number of carbonyl (C=O) groups excluding carboxylic acids is 2. The van der Waals surface area contributed by atoms with Crippen molar-refractivity contribution in [3.8, 4) is 0 Å². The highest BCUT2D eigenvalue weighted by molar-refractivity contribution is 7.89. The summed E-state index contributed by atoms with van der Waals surface area (Å²) in [5.74, 6) is -0.367. The van der Waals surface area contributed by atoms with Crippen molar-refractivity contribution >= 4 is 21.8 Å². The first-order chi connectivity index (χ1) is 10.4. The van der Waals surface area contributed by atoms with Gasteiger partial charge in [-0.15, -0.1) is 0 Å². The van der Waals surface area contributed by atoms with E-state index in [1.54, 1.807) is 0 Å². The molecule has 0 amide bonds. The van der Waals surface area contributed by atoms with E-state index in [9.17, 15) is 18.0 Å². The molecule has 0 saturated carbocycles. The second-order valence-electron chi connectivity index (χ2n) is 4.87. The smallest absolute Gasteiger partial charge is 0.305 e. The second kappa shape index (κ2) is 8.65. The van der Waals surface area contributed by atoms with Gasteiger partial charge in [-0.1, -0.05) is 18.6 Å². The van der Waals surface area contributed by atoms with Gasteiger partial charge < -0.3 is 4.74 Å². The number of unbranched alkanes of at least 4 members (excludes halogenated alkanes) is 2. The Labute approximate surface area is 130 Å². The molecule has 0 aliphatic heterocycles. The molecule has 0 aromatic heterocycles. The fourth-order valence-electron chi connectivity index (χ4n) is 1.83. The topological polar surface area (TPSA) is 89.5 Å². The van der Waals surface area contributed by atoms with Gasteiger partial charge in [0.25, 0.3) is 0 Å². The van der Waals surface area contributed by atoms with Gasteiger partial charge in [0.15, 0.2) is 5.78 Å². The average molecular weight is 327 g/mol. The summed E-state index contributed by atoms with van der Waals surface area (Å²) in [6.07, 6.45) is 2.39. The lowest BCUT2D eigenvalue weighted by atomic mass is 10.2. The van der Waals surface area contributed by atoms with Gasteiger partial charge in [-0.05, 0) is 31.9 Å². The van der Waals surface area contributed by atoms with Crippen molar-refractivity contribution in [2.45, 2.75) is 37.5 Å². The molecule has 0 radical (unpaired) electrons. The van der Waals surface area contributed by atoms with E-state index in [4.69, 9.17) is 0 Å². The minimum absolute atomic E-state index is 0.109. The molecule has 6 nitrogen and oxygen atoms in total. The first-order valence-corrected chi connectivity index (χ1v) is 8.52. The minimum atomic E-state index is -3.56. The van der Waals surface area contributed by atoms with Gasteiger partial charge in [-0.2, -0.15) is 0 Å². The van der Waals surface area contributed by atoms with Crippen molar-refractivity contribution in [1.82, 2.24) is 4.72 Å². The van der Waals surface area contributed by atoms with Gasteiger partial charge in [-0.3, -0.25) is 9.59 Å². The Morgan fingerprint density at radius 1 is 1.09 bits per heavy atom. The highest BCUT2D eigenvalue weighted by atomic mass is 32.2. The first kappa shape index (κ1) is 18.3. The van der Waals surface area contributed by atoms with E-state index in [-0.39, 0.29) is 16.6 Å². The standard InChI is InChI=1S/C15H21NO5S/c1-12(17)13-7-9-14(10-8-13)22(19,20)16-11-5-3-4-6-15(18)21-2/h7-10,16H,3-6,11H2,1-2H3. The molecular weight excluding hydrogens is 306 g/mol. The molecule has 7 heteroatoms. The van der Waals surface area contributed by atoms with Crippen LogP contribution in [0.25, 0.3) is 0 Å². The molecule has 0 heterocycles. The van der Waals surface area contributed by atoms with E-state index in [1.807, 2.05) is 0 Å². The third-order valence-electron chi connectivity index (χ3n) is 3.15. The van der Waals surface area contributed by atoms with Crippen LogP contribution in [0.5, 0.6) is 0 Å². The van der Waals surface area contributed by atoms with Crippen LogP contribution in [-0.4, -0.2) is 33.8 Å². The Balaban J connectivity index is 2.41. The summed E-state index contributed by atoms with van der Waals surface area (Å²) in [7, 11) is -2.22. The van der Waals surface area contributed by atoms with Crippen LogP contribution < -0.4 is 4.72 Å². The van der Waals surface area contributed by atoms with Crippen LogP contribution in [0.4, 0.5) is 0 Å². The molecule has 1 aromatic carbocycles. The Bertz CT molecular complexity index is 607. The number of hydrogen-bond acceptors (Lipinski definition) is 5. The largest absolute Gasteiger partial charge is 0.469 e. The third kappa shape index (κ3) is 5.95. The number of hydrogen-bond donors (Lipinski definition) is 1. The summed E-state index contributed by atoms with van der Waals surface area (Å²) < 4.78 is 31.1. The molecule has 0 atom stereocenters. The Morgan fingerprint density at radius 2 is 1.73 bits per heavy atom. The van der Waals surface area contributed by atoms with E-state index >= 15 is 0 Å². The Kier molecular flexibility index (Phi) is 7.20. The molecule has 1 aromatic rings. The molecular formula is C15H21NO5S. The summed E-state index contributed by atoms with van der Waals surface area (Å²) in [4.78, 5) is 22.2.